The largest absolute Gasteiger partial charge is 0.453 e. The number of fused-ring (bicyclic) bond motifs is 7. The lowest BCUT2D eigenvalue weighted by Gasteiger charge is -2.20. The van der Waals surface area contributed by atoms with E-state index in [1.54, 1.807) is 0 Å². The summed E-state index contributed by atoms with van der Waals surface area (Å²) >= 11 is 0. The Bertz CT molecular complexity index is 1590. The molecule has 1 aliphatic carbocycles. The third-order valence-corrected chi connectivity index (χ3v) is 7.43. The van der Waals surface area contributed by atoms with E-state index >= 15 is 0 Å². The van der Waals surface area contributed by atoms with Gasteiger partial charge in [-0.05, 0) is 65.3 Å². The monoisotopic (exact) mass is 432 g/mol. The number of hydrogen-bond acceptors (Lipinski definition) is 3. The van der Waals surface area contributed by atoms with Crippen LogP contribution < -0.4 is 0 Å². The van der Waals surface area contributed by atoms with Gasteiger partial charge in [-0.1, -0.05) is 58.0 Å². The van der Waals surface area contributed by atoms with Crippen molar-refractivity contribution in [3.05, 3.63) is 82.7 Å². The Morgan fingerprint density at radius 2 is 1.61 bits per heavy atom. The van der Waals surface area contributed by atoms with Crippen molar-refractivity contribution >= 4 is 22.1 Å². The predicted molar refractivity (Wildman–Crippen MR) is 136 cm³/mol. The van der Waals surface area contributed by atoms with Gasteiger partial charge in [-0.25, -0.2) is 0 Å². The smallest absolute Gasteiger partial charge is 0.162 e. The summed E-state index contributed by atoms with van der Waals surface area (Å²) in [5.74, 6) is 0.436. The maximum Gasteiger partial charge on any atom is 0.162 e. The van der Waals surface area contributed by atoms with Gasteiger partial charge in [0.25, 0.3) is 0 Å². The second kappa shape index (κ2) is 6.77. The summed E-state index contributed by atoms with van der Waals surface area (Å²) in [6.45, 7) is 13.3. The first kappa shape index (κ1) is 20.2. The van der Waals surface area contributed by atoms with E-state index in [2.05, 4.69) is 84.0 Å². The average molecular weight is 433 g/mol. The molecule has 3 nitrogen and oxygen atoms in total. The Kier molecular flexibility index (Phi) is 4.14. The highest BCUT2D eigenvalue weighted by Crippen LogP contribution is 2.52. The van der Waals surface area contributed by atoms with Crippen LogP contribution in [0.3, 0.4) is 0 Å². The van der Waals surface area contributed by atoms with Gasteiger partial charge in [-0.3, -0.25) is 9.97 Å². The standard InChI is InChI=1S/C30H28N2O/c1-16(2)21-13-24(31-14-18(21)4)25-17(3)11-12-20-27-29(33-28(20)25)26-19-9-7-8-10-22(19)30(5,6)23(26)15-32-27/h7-16H,1-6H3. The minimum absolute atomic E-state index is 0.102. The van der Waals surface area contributed by atoms with Gasteiger partial charge >= 0.3 is 0 Å². The molecule has 0 saturated carbocycles. The van der Waals surface area contributed by atoms with Crippen LogP contribution in [0.4, 0.5) is 0 Å². The highest BCUT2D eigenvalue weighted by molar-refractivity contribution is 6.12. The molecule has 0 radical (unpaired) electrons. The lowest BCUT2D eigenvalue weighted by atomic mass is 9.83. The molecule has 3 heterocycles. The van der Waals surface area contributed by atoms with Crippen LogP contribution >= 0.6 is 0 Å². The molecule has 0 atom stereocenters. The number of aromatic nitrogens is 2. The number of pyridine rings is 2. The topological polar surface area (TPSA) is 38.9 Å². The van der Waals surface area contributed by atoms with Crippen molar-refractivity contribution in [1.29, 1.82) is 0 Å². The van der Waals surface area contributed by atoms with E-state index < -0.39 is 0 Å². The molecule has 3 heteroatoms. The predicted octanol–water partition coefficient (Wildman–Crippen LogP) is 8.09. The maximum absolute atomic E-state index is 6.74. The lowest BCUT2D eigenvalue weighted by Crippen LogP contribution is -2.15. The molecule has 2 aromatic carbocycles. The highest BCUT2D eigenvalue weighted by Gasteiger charge is 2.38. The van der Waals surface area contributed by atoms with E-state index in [4.69, 9.17) is 14.4 Å². The van der Waals surface area contributed by atoms with Gasteiger partial charge in [-0.2, -0.15) is 0 Å². The normalized spacial score (nSPS) is 14.3. The van der Waals surface area contributed by atoms with Crippen LogP contribution in [-0.2, 0) is 5.41 Å². The van der Waals surface area contributed by atoms with Crippen LogP contribution in [0.1, 0.15) is 61.4 Å². The van der Waals surface area contributed by atoms with Crippen molar-refractivity contribution in [3.8, 4) is 22.4 Å². The summed E-state index contributed by atoms with van der Waals surface area (Å²) < 4.78 is 6.74. The third-order valence-electron chi connectivity index (χ3n) is 7.43. The molecule has 0 aliphatic heterocycles. The zero-order valence-corrected chi connectivity index (χ0v) is 20.1. The Hall–Kier alpha value is -3.46. The number of rotatable bonds is 2. The van der Waals surface area contributed by atoms with E-state index in [1.807, 2.05) is 12.4 Å². The fraction of sp³-hybridized carbons (Fsp3) is 0.267. The molecule has 0 bridgehead atoms. The van der Waals surface area contributed by atoms with Crippen LogP contribution in [0.15, 0.2) is 59.3 Å². The average Bonchev–Trinajstić information content (AvgIpc) is 3.27. The van der Waals surface area contributed by atoms with Gasteiger partial charge in [-0.15, -0.1) is 0 Å². The summed E-state index contributed by atoms with van der Waals surface area (Å²) in [6, 6.07) is 15.2. The first-order chi connectivity index (χ1) is 15.8. The quantitative estimate of drug-likeness (QED) is 0.283. The number of furan rings is 1. The molecular formula is C30H28N2O. The van der Waals surface area contributed by atoms with Gasteiger partial charge in [0, 0.05) is 34.3 Å². The fourth-order valence-electron chi connectivity index (χ4n) is 5.61. The Morgan fingerprint density at radius 1 is 0.818 bits per heavy atom. The molecule has 0 spiro atoms. The molecule has 0 fully saturated rings. The number of aryl methyl sites for hydroxylation is 2. The maximum atomic E-state index is 6.74. The zero-order valence-electron chi connectivity index (χ0n) is 20.1. The van der Waals surface area contributed by atoms with E-state index in [1.165, 1.54) is 33.4 Å². The molecule has 3 aromatic heterocycles. The molecule has 0 unspecified atom stereocenters. The Labute approximate surface area is 194 Å². The Morgan fingerprint density at radius 3 is 2.39 bits per heavy atom. The molecule has 5 aromatic rings. The van der Waals surface area contributed by atoms with Crippen LogP contribution in [0.5, 0.6) is 0 Å². The highest BCUT2D eigenvalue weighted by atomic mass is 16.3. The summed E-state index contributed by atoms with van der Waals surface area (Å²) in [7, 11) is 0. The molecule has 33 heavy (non-hydrogen) atoms. The molecule has 1 aliphatic rings. The first-order valence-corrected chi connectivity index (χ1v) is 11.7. The molecular weight excluding hydrogens is 404 g/mol. The minimum Gasteiger partial charge on any atom is -0.453 e. The van der Waals surface area contributed by atoms with Crippen LogP contribution in [0, 0.1) is 13.8 Å². The van der Waals surface area contributed by atoms with Gasteiger partial charge < -0.3 is 4.42 Å². The summed E-state index contributed by atoms with van der Waals surface area (Å²) in [4.78, 5) is 9.75. The van der Waals surface area contributed by atoms with E-state index in [0.717, 1.165) is 38.9 Å². The summed E-state index contributed by atoms with van der Waals surface area (Å²) in [5, 5.41) is 1.05. The van der Waals surface area contributed by atoms with Gasteiger partial charge in [0.1, 0.15) is 11.1 Å². The fourth-order valence-corrected chi connectivity index (χ4v) is 5.61. The van der Waals surface area contributed by atoms with Crippen LogP contribution in [0.2, 0.25) is 0 Å². The van der Waals surface area contributed by atoms with Crippen LogP contribution in [0.25, 0.3) is 44.5 Å². The second-order valence-electron chi connectivity index (χ2n) is 10.2. The molecule has 6 rings (SSSR count). The van der Waals surface area contributed by atoms with Crippen molar-refractivity contribution in [2.75, 3.05) is 0 Å². The van der Waals surface area contributed by atoms with E-state index in [0.29, 0.717) is 5.92 Å². The molecule has 0 amide bonds. The van der Waals surface area contributed by atoms with Crippen molar-refractivity contribution in [1.82, 2.24) is 9.97 Å². The van der Waals surface area contributed by atoms with Crippen molar-refractivity contribution in [3.63, 3.8) is 0 Å². The molecule has 0 N–H and O–H groups in total. The minimum atomic E-state index is -0.102. The zero-order chi connectivity index (χ0) is 23.1. The second-order valence-corrected chi connectivity index (χ2v) is 10.2. The SMILES string of the molecule is Cc1cnc(-c2c(C)ccc3c2oc2c4c(cnc23)C(C)(C)c2ccccc2-4)cc1C(C)C. The molecule has 164 valence electrons. The molecule has 0 saturated heterocycles. The van der Waals surface area contributed by atoms with E-state index in [9.17, 15) is 0 Å². The van der Waals surface area contributed by atoms with E-state index in [-0.39, 0.29) is 5.41 Å². The van der Waals surface area contributed by atoms with Crippen molar-refractivity contribution in [2.45, 2.75) is 52.9 Å². The van der Waals surface area contributed by atoms with Gasteiger partial charge in [0.15, 0.2) is 5.58 Å². The Balaban J connectivity index is 1.70. The number of benzene rings is 2. The van der Waals surface area contributed by atoms with Crippen LogP contribution in [-0.4, -0.2) is 9.97 Å². The summed E-state index contributed by atoms with van der Waals surface area (Å²) in [5.41, 5.74) is 13.3. The number of nitrogens with zero attached hydrogens (tertiary/aromatic N) is 2. The summed E-state index contributed by atoms with van der Waals surface area (Å²) in [6.07, 6.45) is 4.04. The van der Waals surface area contributed by atoms with Crippen molar-refractivity contribution in [2.24, 2.45) is 0 Å². The lowest BCUT2D eigenvalue weighted by molar-refractivity contribution is 0.650. The van der Waals surface area contributed by atoms with Gasteiger partial charge in [0.05, 0.1) is 5.69 Å². The first-order valence-electron chi connectivity index (χ1n) is 11.7. The third kappa shape index (κ3) is 2.68. The van der Waals surface area contributed by atoms with Crippen molar-refractivity contribution < 1.29 is 4.42 Å². The number of hydrogen-bond donors (Lipinski definition) is 0. The van der Waals surface area contributed by atoms with Gasteiger partial charge in [0.2, 0.25) is 0 Å².